The van der Waals surface area contributed by atoms with E-state index in [0.717, 1.165) is 5.69 Å². The van der Waals surface area contributed by atoms with Crippen molar-refractivity contribution in [3.63, 3.8) is 0 Å². The Balaban J connectivity index is 1.18. The first-order chi connectivity index (χ1) is 24.8. The van der Waals surface area contributed by atoms with Crippen LogP contribution >= 0.6 is 0 Å². The molecule has 2 aliphatic carbocycles. The molecule has 244 valence electrons. The molecule has 0 saturated heterocycles. The predicted molar refractivity (Wildman–Crippen MR) is 217 cm³/mol. The molecule has 0 aliphatic heterocycles. The Bertz CT molecular complexity index is 2690. The van der Waals surface area contributed by atoms with E-state index in [0.29, 0.717) is 0 Å². The average molecular weight is 654 g/mol. The van der Waals surface area contributed by atoms with Crippen LogP contribution in [0, 0.1) is 0 Å². The van der Waals surface area contributed by atoms with Crippen LogP contribution in [0.15, 0.2) is 164 Å². The number of rotatable bonds is 4. The number of nitrogens with zero attached hydrogens (tertiary/aromatic N) is 1. The fourth-order valence-electron chi connectivity index (χ4n) is 9.33. The summed E-state index contributed by atoms with van der Waals surface area (Å²) in [6, 6.07) is 60.9. The summed E-state index contributed by atoms with van der Waals surface area (Å²) in [6.07, 6.45) is 0. The highest BCUT2D eigenvalue weighted by molar-refractivity contribution is 6.09. The molecule has 0 heterocycles. The Labute approximate surface area is 300 Å². The van der Waals surface area contributed by atoms with Crippen LogP contribution in [0.25, 0.3) is 54.9 Å². The third kappa shape index (κ3) is 4.22. The van der Waals surface area contributed by atoms with Gasteiger partial charge in [-0.05, 0) is 102 Å². The second-order valence-corrected chi connectivity index (χ2v) is 15.3. The molecule has 0 N–H and O–H groups in total. The average Bonchev–Trinajstić information content (AvgIpc) is 3.55. The Kier molecular flexibility index (Phi) is 6.34. The molecule has 0 bridgehead atoms. The van der Waals surface area contributed by atoms with E-state index in [9.17, 15) is 0 Å². The van der Waals surface area contributed by atoms with Crippen molar-refractivity contribution in [1.82, 2.24) is 0 Å². The molecule has 0 fully saturated rings. The van der Waals surface area contributed by atoms with Gasteiger partial charge in [0.25, 0.3) is 0 Å². The van der Waals surface area contributed by atoms with Crippen molar-refractivity contribution in [3.05, 3.63) is 186 Å². The molecule has 0 atom stereocenters. The van der Waals surface area contributed by atoms with Gasteiger partial charge >= 0.3 is 0 Å². The summed E-state index contributed by atoms with van der Waals surface area (Å²) in [7, 11) is 0. The summed E-state index contributed by atoms with van der Waals surface area (Å²) in [5.41, 5.74) is 16.9. The maximum atomic E-state index is 2.46. The van der Waals surface area contributed by atoms with Crippen LogP contribution < -0.4 is 4.90 Å². The number of fused-ring (bicyclic) bond motifs is 9. The van der Waals surface area contributed by atoms with Crippen molar-refractivity contribution in [2.24, 2.45) is 0 Å². The molecular formula is C50H39N. The van der Waals surface area contributed by atoms with E-state index in [1.54, 1.807) is 0 Å². The Hall–Kier alpha value is -5.92. The zero-order valence-electron chi connectivity index (χ0n) is 29.5. The molecule has 0 aromatic heterocycles. The van der Waals surface area contributed by atoms with Crippen molar-refractivity contribution < 1.29 is 0 Å². The first kappa shape index (κ1) is 29.9. The lowest BCUT2D eigenvalue weighted by Gasteiger charge is -2.29. The van der Waals surface area contributed by atoms with Crippen molar-refractivity contribution in [3.8, 4) is 33.4 Å². The standard InChI is InChI=1S/C50H39N/c1-49(2)42-23-13-12-21-40(42)48-39(22-14-24-43(48)49)37-28-30-46(38-20-11-10-19-36(37)38)51(33-16-6-5-7-17-33)34-26-27-41-45(31-34)50(3,4)44-29-25-32-15-8-9-18-35(32)47(41)44/h5-31H,1-4H3. The van der Waals surface area contributed by atoms with Crippen LogP contribution in [0.5, 0.6) is 0 Å². The maximum absolute atomic E-state index is 2.46. The van der Waals surface area contributed by atoms with Crippen LogP contribution in [0.4, 0.5) is 17.1 Å². The SMILES string of the molecule is CC1(C)c2ccccc2-c2c(-c3ccc(N(c4ccccc4)c4ccc5c(c4)C(C)(C)c4ccc6ccccc6c4-5)c4ccccc34)cccc21. The summed E-state index contributed by atoms with van der Waals surface area (Å²) in [5.74, 6) is 0. The highest BCUT2D eigenvalue weighted by atomic mass is 15.1. The number of benzene rings is 8. The molecule has 2 aliphatic rings. The van der Waals surface area contributed by atoms with Gasteiger partial charge in [0.05, 0.1) is 5.69 Å². The molecule has 0 unspecified atom stereocenters. The van der Waals surface area contributed by atoms with E-state index in [4.69, 9.17) is 0 Å². The van der Waals surface area contributed by atoms with Crippen molar-refractivity contribution in [2.75, 3.05) is 4.90 Å². The molecule has 1 heteroatoms. The second kappa shape index (κ2) is 10.8. The number of hydrogen-bond acceptors (Lipinski definition) is 1. The van der Waals surface area contributed by atoms with Gasteiger partial charge in [-0.25, -0.2) is 0 Å². The van der Waals surface area contributed by atoms with Crippen molar-refractivity contribution in [2.45, 2.75) is 38.5 Å². The van der Waals surface area contributed by atoms with Gasteiger partial charge < -0.3 is 4.90 Å². The van der Waals surface area contributed by atoms with Crippen LogP contribution in [0.1, 0.15) is 49.9 Å². The molecule has 0 saturated carbocycles. The van der Waals surface area contributed by atoms with Gasteiger partial charge in [-0.2, -0.15) is 0 Å². The largest absolute Gasteiger partial charge is 0.310 e. The molecular weight excluding hydrogens is 615 g/mol. The molecule has 8 aromatic carbocycles. The topological polar surface area (TPSA) is 3.24 Å². The normalized spacial score (nSPS) is 14.6. The molecule has 8 aromatic rings. The highest BCUT2D eigenvalue weighted by Gasteiger charge is 2.38. The van der Waals surface area contributed by atoms with Crippen LogP contribution in [-0.4, -0.2) is 0 Å². The number of anilines is 3. The minimum absolute atomic E-state index is 0.0465. The molecule has 1 nitrogen and oxygen atoms in total. The number of hydrogen-bond donors (Lipinski definition) is 0. The zero-order chi connectivity index (χ0) is 34.5. The van der Waals surface area contributed by atoms with Gasteiger partial charge in [0.2, 0.25) is 0 Å². The third-order valence-electron chi connectivity index (χ3n) is 11.9. The fourth-order valence-corrected chi connectivity index (χ4v) is 9.33. The Morgan fingerprint density at radius 2 is 0.961 bits per heavy atom. The van der Waals surface area contributed by atoms with Gasteiger partial charge in [0.1, 0.15) is 0 Å². The van der Waals surface area contributed by atoms with Crippen molar-refractivity contribution in [1.29, 1.82) is 0 Å². The van der Waals surface area contributed by atoms with E-state index >= 15 is 0 Å². The molecule has 0 amide bonds. The molecule has 0 radical (unpaired) electrons. The molecule has 0 spiro atoms. The van der Waals surface area contributed by atoms with E-state index < -0.39 is 0 Å². The Morgan fingerprint density at radius 3 is 1.80 bits per heavy atom. The van der Waals surface area contributed by atoms with E-state index in [1.807, 2.05) is 0 Å². The zero-order valence-corrected chi connectivity index (χ0v) is 29.5. The summed E-state index contributed by atoms with van der Waals surface area (Å²) in [6.45, 7) is 9.48. The second-order valence-electron chi connectivity index (χ2n) is 15.3. The van der Waals surface area contributed by atoms with Gasteiger partial charge in [0.15, 0.2) is 0 Å². The van der Waals surface area contributed by atoms with Crippen LogP contribution in [-0.2, 0) is 10.8 Å². The van der Waals surface area contributed by atoms with Gasteiger partial charge in [-0.15, -0.1) is 0 Å². The minimum atomic E-state index is -0.128. The summed E-state index contributed by atoms with van der Waals surface area (Å²) >= 11 is 0. The van der Waals surface area contributed by atoms with Crippen LogP contribution in [0.3, 0.4) is 0 Å². The monoisotopic (exact) mass is 653 g/mol. The first-order valence-corrected chi connectivity index (χ1v) is 18.1. The minimum Gasteiger partial charge on any atom is -0.310 e. The first-order valence-electron chi connectivity index (χ1n) is 18.1. The quantitative estimate of drug-likeness (QED) is 0.183. The maximum Gasteiger partial charge on any atom is 0.0540 e. The lowest BCUT2D eigenvalue weighted by atomic mass is 9.81. The summed E-state index contributed by atoms with van der Waals surface area (Å²) in [4.78, 5) is 2.46. The Morgan fingerprint density at radius 1 is 0.353 bits per heavy atom. The predicted octanol–water partition coefficient (Wildman–Crippen LogP) is 13.7. The van der Waals surface area contributed by atoms with E-state index in [-0.39, 0.29) is 10.8 Å². The van der Waals surface area contributed by atoms with E-state index in [2.05, 4.69) is 196 Å². The molecule has 51 heavy (non-hydrogen) atoms. The van der Waals surface area contributed by atoms with Gasteiger partial charge in [-0.3, -0.25) is 0 Å². The van der Waals surface area contributed by atoms with Gasteiger partial charge in [-0.1, -0.05) is 161 Å². The summed E-state index contributed by atoms with van der Waals surface area (Å²) < 4.78 is 0. The summed E-state index contributed by atoms with van der Waals surface area (Å²) in [5, 5.41) is 5.11. The fraction of sp³-hybridized carbons (Fsp3) is 0.120. The van der Waals surface area contributed by atoms with Gasteiger partial charge in [0, 0.05) is 27.6 Å². The lowest BCUT2D eigenvalue weighted by Crippen LogP contribution is -2.16. The number of para-hydroxylation sites is 1. The van der Waals surface area contributed by atoms with Crippen LogP contribution in [0.2, 0.25) is 0 Å². The lowest BCUT2D eigenvalue weighted by molar-refractivity contribution is 0.660. The van der Waals surface area contributed by atoms with Crippen molar-refractivity contribution >= 4 is 38.6 Å². The smallest absolute Gasteiger partial charge is 0.0540 e. The molecule has 10 rings (SSSR count). The van der Waals surface area contributed by atoms with E-state index in [1.165, 1.54) is 88.6 Å². The third-order valence-corrected chi connectivity index (χ3v) is 11.9. The highest BCUT2D eigenvalue weighted by Crippen LogP contribution is 2.55.